The Balaban J connectivity index is 1.66. The number of carbonyl (C=O) groups is 1. The molecule has 0 saturated carbocycles. The van der Waals surface area contributed by atoms with Gasteiger partial charge in [-0.3, -0.25) is 9.78 Å². The van der Waals surface area contributed by atoms with Gasteiger partial charge in [-0.05, 0) is 30.2 Å². The van der Waals surface area contributed by atoms with Crippen LogP contribution in [0.2, 0.25) is 0 Å². The monoisotopic (exact) mass is 327 g/mol. The van der Waals surface area contributed by atoms with E-state index in [0.29, 0.717) is 23.4 Å². The molecule has 1 atom stereocenters. The summed E-state index contributed by atoms with van der Waals surface area (Å²) in [5.74, 6) is -1.30. The molecule has 3 heterocycles. The Bertz CT molecular complexity index is 760. The Hall–Kier alpha value is -2.47. The Kier molecular flexibility index (Phi) is 3.90. The highest BCUT2D eigenvalue weighted by Gasteiger charge is 2.33. The summed E-state index contributed by atoms with van der Waals surface area (Å²) >= 11 is 0. The summed E-state index contributed by atoms with van der Waals surface area (Å²) in [5.41, 5.74) is 1.86. The lowest BCUT2D eigenvalue weighted by Gasteiger charge is -2.31. The molecule has 5 nitrogen and oxygen atoms in total. The van der Waals surface area contributed by atoms with Gasteiger partial charge in [-0.2, -0.15) is 0 Å². The largest absolute Gasteiger partial charge is 0.422 e. The highest BCUT2D eigenvalue weighted by atomic mass is 19.1. The molecule has 1 saturated heterocycles. The summed E-state index contributed by atoms with van der Waals surface area (Å²) in [4.78, 5) is 18.6. The topological polar surface area (TPSA) is 54.5 Å². The fraction of sp³-hybridized carbons (Fsp3) is 0.333. The molecule has 2 aromatic rings. The van der Waals surface area contributed by atoms with Crippen molar-refractivity contribution in [2.45, 2.75) is 12.3 Å². The van der Waals surface area contributed by atoms with Gasteiger partial charge >= 0.3 is 5.97 Å². The van der Waals surface area contributed by atoms with Gasteiger partial charge in [0.05, 0.1) is 11.4 Å². The van der Waals surface area contributed by atoms with Crippen molar-refractivity contribution in [3.8, 4) is 5.75 Å². The predicted octanol–water partition coefficient (Wildman–Crippen LogP) is 1.88. The van der Waals surface area contributed by atoms with Gasteiger partial charge in [0.2, 0.25) is 0 Å². The standard InChI is InChI=1S/C18H18FN3O2/c19-16-15(22-9-7-20-8-10-22)5-4-12-11-13(18(23)24-17(12)16)14-3-1-2-6-21-14/h1-6,13,20H,7-11H2. The smallest absolute Gasteiger partial charge is 0.320 e. The molecule has 1 N–H and O–H groups in total. The molecule has 2 aliphatic heterocycles. The first-order valence-corrected chi connectivity index (χ1v) is 8.13. The molecule has 1 unspecified atom stereocenters. The third kappa shape index (κ3) is 2.63. The van der Waals surface area contributed by atoms with Crippen LogP contribution in [0.15, 0.2) is 36.5 Å². The van der Waals surface area contributed by atoms with Crippen molar-refractivity contribution < 1.29 is 13.9 Å². The number of hydrogen-bond donors (Lipinski definition) is 1. The molecule has 6 heteroatoms. The van der Waals surface area contributed by atoms with Crippen LogP contribution in [-0.4, -0.2) is 37.1 Å². The summed E-state index contributed by atoms with van der Waals surface area (Å²) in [6, 6.07) is 9.07. The van der Waals surface area contributed by atoms with E-state index in [0.717, 1.165) is 26.2 Å². The van der Waals surface area contributed by atoms with Crippen LogP contribution in [0.3, 0.4) is 0 Å². The van der Waals surface area contributed by atoms with Crippen molar-refractivity contribution in [1.82, 2.24) is 10.3 Å². The maximum atomic E-state index is 14.9. The minimum Gasteiger partial charge on any atom is -0.422 e. The zero-order valence-electron chi connectivity index (χ0n) is 13.2. The lowest BCUT2D eigenvalue weighted by atomic mass is 9.92. The van der Waals surface area contributed by atoms with Gasteiger partial charge in [0, 0.05) is 32.4 Å². The molecular formula is C18H18FN3O2. The normalized spacial score (nSPS) is 20.5. The number of fused-ring (bicyclic) bond motifs is 1. The molecule has 0 spiro atoms. The van der Waals surface area contributed by atoms with Crippen LogP contribution in [-0.2, 0) is 11.2 Å². The summed E-state index contributed by atoms with van der Waals surface area (Å²) in [6.07, 6.45) is 2.05. The maximum absolute atomic E-state index is 14.9. The van der Waals surface area contributed by atoms with Crippen molar-refractivity contribution in [3.05, 3.63) is 53.6 Å². The number of ether oxygens (including phenoxy) is 1. The van der Waals surface area contributed by atoms with E-state index < -0.39 is 17.7 Å². The summed E-state index contributed by atoms with van der Waals surface area (Å²) in [6.45, 7) is 3.11. The van der Waals surface area contributed by atoms with Crippen molar-refractivity contribution in [1.29, 1.82) is 0 Å². The van der Waals surface area contributed by atoms with E-state index in [1.54, 1.807) is 24.4 Å². The highest BCUT2D eigenvalue weighted by Crippen LogP contribution is 2.38. The van der Waals surface area contributed by atoms with Gasteiger partial charge in [0.1, 0.15) is 5.92 Å². The SMILES string of the molecule is O=C1Oc2c(ccc(N3CCNCC3)c2F)CC1c1ccccn1. The number of aromatic nitrogens is 1. The van der Waals surface area contributed by atoms with E-state index in [2.05, 4.69) is 10.3 Å². The van der Waals surface area contributed by atoms with E-state index in [1.165, 1.54) is 0 Å². The number of nitrogens with one attached hydrogen (secondary N) is 1. The fourth-order valence-electron chi connectivity index (χ4n) is 3.29. The molecule has 0 radical (unpaired) electrons. The second-order valence-electron chi connectivity index (χ2n) is 6.06. The number of rotatable bonds is 2. The number of benzene rings is 1. The lowest BCUT2D eigenvalue weighted by molar-refractivity contribution is -0.137. The number of piperazine rings is 1. The van der Waals surface area contributed by atoms with Crippen molar-refractivity contribution in [3.63, 3.8) is 0 Å². The summed E-state index contributed by atoms with van der Waals surface area (Å²) in [5, 5.41) is 3.24. The van der Waals surface area contributed by atoms with Crippen molar-refractivity contribution >= 4 is 11.7 Å². The molecule has 0 amide bonds. The number of anilines is 1. The third-order valence-electron chi connectivity index (χ3n) is 4.57. The molecule has 1 fully saturated rings. The molecule has 2 aliphatic rings. The fourth-order valence-corrected chi connectivity index (χ4v) is 3.29. The predicted molar refractivity (Wildman–Crippen MR) is 87.8 cm³/mol. The van der Waals surface area contributed by atoms with Gasteiger partial charge in [-0.25, -0.2) is 4.39 Å². The van der Waals surface area contributed by atoms with Crippen LogP contribution >= 0.6 is 0 Å². The Morgan fingerprint density at radius 2 is 2.04 bits per heavy atom. The van der Waals surface area contributed by atoms with Gasteiger partial charge < -0.3 is 15.0 Å². The zero-order chi connectivity index (χ0) is 16.5. The number of halogens is 1. The lowest BCUT2D eigenvalue weighted by Crippen LogP contribution is -2.44. The second-order valence-corrected chi connectivity index (χ2v) is 6.06. The number of nitrogens with zero attached hydrogens (tertiary/aromatic N) is 2. The van der Waals surface area contributed by atoms with Crippen molar-refractivity contribution in [2.24, 2.45) is 0 Å². The first-order chi connectivity index (χ1) is 11.7. The highest BCUT2D eigenvalue weighted by molar-refractivity contribution is 5.83. The molecular weight excluding hydrogens is 309 g/mol. The molecule has 24 heavy (non-hydrogen) atoms. The molecule has 124 valence electrons. The van der Waals surface area contributed by atoms with Crippen LogP contribution in [0.1, 0.15) is 17.2 Å². The minimum atomic E-state index is -0.483. The first-order valence-electron chi connectivity index (χ1n) is 8.13. The zero-order valence-corrected chi connectivity index (χ0v) is 13.2. The number of esters is 1. The number of carbonyl (C=O) groups excluding carboxylic acids is 1. The quantitative estimate of drug-likeness (QED) is 0.674. The summed E-state index contributed by atoms with van der Waals surface area (Å²) in [7, 11) is 0. The Morgan fingerprint density at radius 1 is 1.21 bits per heavy atom. The second kappa shape index (κ2) is 6.20. The van der Waals surface area contributed by atoms with Gasteiger partial charge in [0.15, 0.2) is 11.6 Å². The van der Waals surface area contributed by atoms with Crippen molar-refractivity contribution in [2.75, 3.05) is 31.1 Å². The Labute approximate surface area is 139 Å². The minimum absolute atomic E-state index is 0.0724. The van der Waals surface area contributed by atoms with Gasteiger partial charge in [0.25, 0.3) is 0 Å². The molecule has 1 aromatic carbocycles. The van der Waals surface area contributed by atoms with E-state index in [1.807, 2.05) is 17.0 Å². The summed E-state index contributed by atoms with van der Waals surface area (Å²) < 4.78 is 20.3. The average molecular weight is 327 g/mol. The Morgan fingerprint density at radius 3 is 2.79 bits per heavy atom. The van der Waals surface area contributed by atoms with Crippen LogP contribution in [0.25, 0.3) is 0 Å². The molecule has 1 aromatic heterocycles. The molecule has 4 rings (SSSR count). The van der Waals surface area contributed by atoms with E-state index in [9.17, 15) is 9.18 Å². The molecule has 0 aliphatic carbocycles. The average Bonchev–Trinajstić information content (AvgIpc) is 2.64. The van der Waals surface area contributed by atoms with E-state index >= 15 is 0 Å². The molecule has 0 bridgehead atoms. The first kappa shape index (κ1) is 15.1. The van der Waals surface area contributed by atoms with Gasteiger partial charge in [-0.15, -0.1) is 0 Å². The number of pyridine rings is 1. The van der Waals surface area contributed by atoms with Gasteiger partial charge in [-0.1, -0.05) is 12.1 Å². The van der Waals surface area contributed by atoms with Crippen LogP contribution in [0.4, 0.5) is 10.1 Å². The van der Waals surface area contributed by atoms with Crippen LogP contribution in [0.5, 0.6) is 5.75 Å². The van der Waals surface area contributed by atoms with E-state index in [4.69, 9.17) is 4.74 Å². The maximum Gasteiger partial charge on any atom is 0.320 e. The van der Waals surface area contributed by atoms with Crippen LogP contribution in [0, 0.1) is 5.82 Å². The number of hydrogen-bond acceptors (Lipinski definition) is 5. The third-order valence-corrected chi connectivity index (χ3v) is 4.57. The van der Waals surface area contributed by atoms with Crippen LogP contribution < -0.4 is 15.0 Å². The van der Waals surface area contributed by atoms with E-state index in [-0.39, 0.29) is 5.75 Å².